The molecule has 1 aliphatic carbocycles. The summed E-state index contributed by atoms with van der Waals surface area (Å²) in [5.74, 6) is 0.968. The molecule has 1 fully saturated rings. The Morgan fingerprint density at radius 2 is 1.75 bits per heavy atom. The van der Waals surface area contributed by atoms with Gasteiger partial charge in [-0.15, -0.1) is 0 Å². The standard InChI is InChI=1S/C21H26FNO/c1-24-20-9-5-8-19(21(20)22)13-15-23(16-18-10-11-18)14-12-17-6-3-2-4-7-17/h2-9,18H,10-16H2,1H3. The van der Waals surface area contributed by atoms with Crippen molar-refractivity contribution < 1.29 is 9.13 Å². The van der Waals surface area contributed by atoms with E-state index in [0.717, 1.165) is 44.0 Å². The Hall–Kier alpha value is -1.87. The summed E-state index contributed by atoms with van der Waals surface area (Å²) in [6.45, 7) is 3.07. The molecule has 0 atom stereocenters. The van der Waals surface area contributed by atoms with Gasteiger partial charge in [0, 0.05) is 19.6 Å². The van der Waals surface area contributed by atoms with E-state index < -0.39 is 0 Å². The van der Waals surface area contributed by atoms with Crippen LogP contribution in [0.3, 0.4) is 0 Å². The third-order valence-corrected chi connectivity index (χ3v) is 4.73. The molecule has 3 rings (SSSR count). The highest BCUT2D eigenvalue weighted by Gasteiger charge is 2.24. The maximum absolute atomic E-state index is 14.3. The quantitative estimate of drug-likeness (QED) is 0.679. The third kappa shape index (κ3) is 4.81. The lowest BCUT2D eigenvalue weighted by Gasteiger charge is -2.22. The van der Waals surface area contributed by atoms with Gasteiger partial charge < -0.3 is 9.64 Å². The van der Waals surface area contributed by atoms with Gasteiger partial charge in [-0.3, -0.25) is 0 Å². The summed E-state index contributed by atoms with van der Waals surface area (Å²) in [5, 5.41) is 0. The molecule has 0 bridgehead atoms. The molecule has 128 valence electrons. The summed E-state index contributed by atoms with van der Waals surface area (Å²) < 4.78 is 19.4. The number of ether oxygens (including phenoxy) is 1. The highest BCUT2D eigenvalue weighted by Crippen LogP contribution is 2.30. The van der Waals surface area contributed by atoms with Gasteiger partial charge in [0.1, 0.15) is 0 Å². The fraction of sp³-hybridized carbons (Fsp3) is 0.429. The van der Waals surface area contributed by atoms with Crippen molar-refractivity contribution in [2.45, 2.75) is 25.7 Å². The van der Waals surface area contributed by atoms with Crippen molar-refractivity contribution in [3.8, 4) is 5.75 Å². The summed E-state index contributed by atoms with van der Waals surface area (Å²) in [6.07, 6.45) is 4.46. The lowest BCUT2D eigenvalue weighted by Crippen LogP contribution is -2.30. The van der Waals surface area contributed by atoms with Gasteiger partial charge in [0.05, 0.1) is 7.11 Å². The van der Waals surface area contributed by atoms with E-state index in [1.54, 1.807) is 6.07 Å². The summed E-state index contributed by atoms with van der Waals surface area (Å²) in [6, 6.07) is 16.0. The highest BCUT2D eigenvalue weighted by atomic mass is 19.1. The molecule has 0 unspecified atom stereocenters. The molecule has 24 heavy (non-hydrogen) atoms. The molecule has 0 saturated heterocycles. The Morgan fingerprint density at radius 3 is 2.46 bits per heavy atom. The SMILES string of the molecule is COc1cccc(CCN(CCc2ccccc2)CC2CC2)c1F. The van der Waals surface area contributed by atoms with Gasteiger partial charge in [0.2, 0.25) is 0 Å². The van der Waals surface area contributed by atoms with E-state index in [-0.39, 0.29) is 5.82 Å². The van der Waals surface area contributed by atoms with Gasteiger partial charge in [0.25, 0.3) is 0 Å². The van der Waals surface area contributed by atoms with Crippen LogP contribution in [0, 0.1) is 11.7 Å². The molecule has 3 heteroatoms. The van der Waals surface area contributed by atoms with Crippen molar-refractivity contribution >= 4 is 0 Å². The molecule has 0 aliphatic heterocycles. The van der Waals surface area contributed by atoms with Crippen molar-refractivity contribution in [2.75, 3.05) is 26.7 Å². The summed E-state index contributed by atoms with van der Waals surface area (Å²) in [4.78, 5) is 2.49. The molecule has 0 heterocycles. The van der Waals surface area contributed by atoms with Gasteiger partial charge in [0.15, 0.2) is 11.6 Å². The molecule has 2 aromatic carbocycles. The predicted octanol–water partition coefficient (Wildman–Crippen LogP) is 4.33. The molecular weight excluding hydrogens is 301 g/mol. The highest BCUT2D eigenvalue weighted by molar-refractivity contribution is 5.31. The number of nitrogens with zero attached hydrogens (tertiary/aromatic N) is 1. The average molecular weight is 327 g/mol. The van der Waals surface area contributed by atoms with E-state index in [1.807, 2.05) is 12.1 Å². The van der Waals surface area contributed by atoms with Crippen LogP contribution in [0.15, 0.2) is 48.5 Å². The first kappa shape index (κ1) is 17.0. The Morgan fingerprint density at radius 1 is 1.00 bits per heavy atom. The fourth-order valence-electron chi connectivity index (χ4n) is 3.08. The van der Waals surface area contributed by atoms with Crippen molar-refractivity contribution in [1.82, 2.24) is 4.90 Å². The molecule has 2 nitrogen and oxygen atoms in total. The lowest BCUT2D eigenvalue weighted by atomic mass is 10.1. The fourth-order valence-corrected chi connectivity index (χ4v) is 3.08. The first-order valence-electron chi connectivity index (χ1n) is 8.84. The molecule has 0 aromatic heterocycles. The van der Waals surface area contributed by atoms with Crippen LogP contribution in [0.1, 0.15) is 24.0 Å². The van der Waals surface area contributed by atoms with E-state index in [4.69, 9.17) is 4.74 Å². The molecule has 1 saturated carbocycles. The summed E-state index contributed by atoms with van der Waals surface area (Å²) in [7, 11) is 1.52. The third-order valence-electron chi connectivity index (χ3n) is 4.73. The lowest BCUT2D eigenvalue weighted by molar-refractivity contribution is 0.268. The van der Waals surface area contributed by atoms with Crippen LogP contribution in [0.25, 0.3) is 0 Å². The first-order valence-corrected chi connectivity index (χ1v) is 8.84. The molecule has 0 N–H and O–H groups in total. The van der Waals surface area contributed by atoms with Crippen LogP contribution in [0.4, 0.5) is 4.39 Å². The number of rotatable bonds is 9. The predicted molar refractivity (Wildman–Crippen MR) is 96.0 cm³/mol. The van der Waals surface area contributed by atoms with Crippen LogP contribution in [-0.4, -0.2) is 31.6 Å². The van der Waals surface area contributed by atoms with Crippen molar-refractivity contribution in [3.05, 3.63) is 65.5 Å². The summed E-state index contributed by atoms with van der Waals surface area (Å²) in [5.41, 5.74) is 2.11. The maximum Gasteiger partial charge on any atom is 0.168 e. The van der Waals surface area contributed by atoms with Crippen LogP contribution in [0.5, 0.6) is 5.75 Å². The zero-order valence-electron chi connectivity index (χ0n) is 14.4. The van der Waals surface area contributed by atoms with Crippen molar-refractivity contribution in [3.63, 3.8) is 0 Å². The number of halogens is 1. The minimum atomic E-state index is -0.213. The second-order valence-electron chi connectivity index (χ2n) is 6.66. The molecular formula is C21H26FNO. The maximum atomic E-state index is 14.3. The Bertz CT molecular complexity index is 640. The number of hydrogen-bond donors (Lipinski definition) is 0. The minimum absolute atomic E-state index is 0.213. The van der Waals surface area contributed by atoms with Crippen molar-refractivity contribution in [1.29, 1.82) is 0 Å². The van der Waals surface area contributed by atoms with E-state index in [0.29, 0.717) is 5.75 Å². The second kappa shape index (κ2) is 8.29. The number of hydrogen-bond acceptors (Lipinski definition) is 2. The van der Waals surface area contributed by atoms with Crippen molar-refractivity contribution in [2.24, 2.45) is 5.92 Å². The second-order valence-corrected chi connectivity index (χ2v) is 6.66. The van der Waals surface area contributed by atoms with E-state index in [2.05, 4.69) is 35.2 Å². The van der Waals surface area contributed by atoms with Crippen LogP contribution in [-0.2, 0) is 12.8 Å². The first-order chi connectivity index (χ1) is 11.8. The zero-order chi connectivity index (χ0) is 16.8. The monoisotopic (exact) mass is 327 g/mol. The zero-order valence-corrected chi connectivity index (χ0v) is 14.4. The number of methoxy groups -OCH3 is 1. The van der Waals surface area contributed by atoms with Gasteiger partial charge in [-0.05, 0) is 48.8 Å². The Balaban J connectivity index is 1.57. The van der Waals surface area contributed by atoms with E-state index in [1.165, 1.54) is 25.5 Å². The smallest absolute Gasteiger partial charge is 0.168 e. The summed E-state index contributed by atoms with van der Waals surface area (Å²) >= 11 is 0. The van der Waals surface area contributed by atoms with Gasteiger partial charge in [-0.25, -0.2) is 4.39 Å². The van der Waals surface area contributed by atoms with E-state index in [9.17, 15) is 4.39 Å². The van der Waals surface area contributed by atoms with Crippen LogP contribution in [0.2, 0.25) is 0 Å². The molecule has 0 amide bonds. The molecule has 0 spiro atoms. The molecule has 0 radical (unpaired) electrons. The van der Waals surface area contributed by atoms with Crippen LogP contribution < -0.4 is 4.74 Å². The Kier molecular flexibility index (Phi) is 5.86. The normalized spacial score (nSPS) is 14.1. The Labute approximate surface area is 144 Å². The minimum Gasteiger partial charge on any atom is -0.494 e. The molecule has 1 aliphatic rings. The van der Waals surface area contributed by atoms with Gasteiger partial charge in [-0.2, -0.15) is 0 Å². The number of benzene rings is 2. The average Bonchev–Trinajstić information content (AvgIpc) is 3.43. The van der Waals surface area contributed by atoms with Gasteiger partial charge >= 0.3 is 0 Å². The molecule has 2 aromatic rings. The topological polar surface area (TPSA) is 12.5 Å². The van der Waals surface area contributed by atoms with Crippen LogP contribution >= 0.6 is 0 Å². The van der Waals surface area contributed by atoms with Gasteiger partial charge in [-0.1, -0.05) is 42.5 Å². The largest absolute Gasteiger partial charge is 0.494 e. The van der Waals surface area contributed by atoms with E-state index >= 15 is 0 Å².